The van der Waals surface area contributed by atoms with Crippen molar-refractivity contribution in [1.82, 2.24) is 14.9 Å². The van der Waals surface area contributed by atoms with Gasteiger partial charge in [-0.15, -0.1) is 24.8 Å². The van der Waals surface area contributed by atoms with Gasteiger partial charge in [0.05, 0.1) is 18.1 Å². The number of aromatic nitrogens is 2. The number of imidazole rings is 1. The molecule has 1 aliphatic heterocycles. The number of hydrogen-bond acceptors (Lipinski definition) is 3. The van der Waals surface area contributed by atoms with Gasteiger partial charge in [0, 0.05) is 19.2 Å². The van der Waals surface area contributed by atoms with Gasteiger partial charge in [-0.2, -0.15) is 0 Å². The summed E-state index contributed by atoms with van der Waals surface area (Å²) in [5, 5.41) is 12.2. The second kappa shape index (κ2) is 6.41. The molecule has 0 saturated heterocycles. The first-order chi connectivity index (χ1) is 7.50. The molecule has 7 heteroatoms. The van der Waals surface area contributed by atoms with Crippen LogP contribution in [0.5, 0.6) is 0 Å². The fourth-order valence-corrected chi connectivity index (χ4v) is 2.20. The zero-order chi connectivity index (χ0) is 11.9. The third kappa shape index (κ3) is 2.96. The lowest BCUT2D eigenvalue weighted by Gasteiger charge is -2.31. The van der Waals surface area contributed by atoms with Gasteiger partial charge in [0.1, 0.15) is 6.04 Å². The van der Waals surface area contributed by atoms with Crippen molar-refractivity contribution < 1.29 is 9.90 Å². The maximum atomic E-state index is 11.1. The summed E-state index contributed by atoms with van der Waals surface area (Å²) >= 11 is 0. The highest BCUT2D eigenvalue weighted by molar-refractivity contribution is 5.85. The lowest BCUT2D eigenvalue weighted by molar-refractivity contribution is -0.140. The summed E-state index contributed by atoms with van der Waals surface area (Å²) in [5.41, 5.74) is 2.03. The van der Waals surface area contributed by atoms with Crippen molar-refractivity contribution in [3.8, 4) is 0 Å². The normalized spacial score (nSPS) is 21.8. The highest BCUT2D eigenvalue weighted by Gasteiger charge is 2.34. The highest BCUT2D eigenvalue weighted by atomic mass is 35.5. The van der Waals surface area contributed by atoms with Gasteiger partial charge in [0.25, 0.3) is 0 Å². The van der Waals surface area contributed by atoms with Crippen molar-refractivity contribution in [1.29, 1.82) is 0 Å². The molecule has 2 rings (SSSR count). The van der Waals surface area contributed by atoms with Crippen LogP contribution < -0.4 is 5.32 Å². The Balaban J connectivity index is 0.00000144. The summed E-state index contributed by atoms with van der Waals surface area (Å²) < 4.78 is 1.92. The smallest absolute Gasteiger partial charge is 0.321 e. The van der Waals surface area contributed by atoms with Crippen LogP contribution >= 0.6 is 24.8 Å². The summed E-state index contributed by atoms with van der Waals surface area (Å²) in [6, 6.07) is -0.471. The number of aliphatic carboxylic acids is 1. The molecule has 2 heterocycles. The van der Waals surface area contributed by atoms with Gasteiger partial charge in [-0.05, 0) is 5.92 Å². The molecule has 0 bridgehead atoms. The van der Waals surface area contributed by atoms with E-state index in [0.29, 0.717) is 12.3 Å². The largest absolute Gasteiger partial charge is 0.480 e. The standard InChI is InChI=1S/C11H17N3O2.2ClH/c1-6(2)9-10-8(14(3)5-12-10)4-7(13-9)11(15)16;;/h5-7,9,13H,4H2,1-3H3,(H,15,16);2*1H/t7-,9?;;/m0../s1. The Morgan fingerprint density at radius 1 is 1.56 bits per heavy atom. The van der Waals surface area contributed by atoms with Crippen molar-refractivity contribution in [2.24, 2.45) is 13.0 Å². The van der Waals surface area contributed by atoms with Crippen LogP contribution in [0.1, 0.15) is 31.3 Å². The number of aryl methyl sites for hydroxylation is 1. The number of fused-ring (bicyclic) bond motifs is 1. The lowest BCUT2D eigenvalue weighted by Crippen LogP contribution is -2.46. The molecule has 18 heavy (non-hydrogen) atoms. The summed E-state index contributed by atoms with van der Waals surface area (Å²) in [6.07, 6.45) is 2.26. The van der Waals surface area contributed by atoms with Crippen molar-refractivity contribution in [3.05, 3.63) is 17.7 Å². The first-order valence-corrected chi connectivity index (χ1v) is 5.49. The van der Waals surface area contributed by atoms with E-state index in [1.54, 1.807) is 6.33 Å². The first kappa shape index (κ1) is 17.2. The molecule has 1 aromatic heterocycles. The highest BCUT2D eigenvalue weighted by Crippen LogP contribution is 2.29. The third-order valence-electron chi connectivity index (χ3n) is 3.13. The quantitative estimate of drug-likeness (QED) is 0.869. The Morgan fingerprint density at radius 3 is 2.67 bits per heavy atom. The molecule has 2 N–H and O–H groups in total. The summed E-state index contributed by atoms with van der Waals surface area (Å²) in [4.78, 5) is 15.4. The molecule has 0 aliphatic carbocycles. The number of carboxylic acid groups (broad SMARTS) is 1. The van der Waals surface area contributed by atoms with Crippen LogP contribution in [0.3, 0.4) is 0 Å². The van der Waals surface area contributed by atoms with Crippen molar-refractivity contribution in [2.45, 2.75) is 32.4 Å². The maximum Gasteiger partial charge on any atom is 0.321 e. The first-order valence-electron chi connectivity index (χ1n) is 5.49. The van der Waals surface area contributed by atoms with E-state index in [1.165, 1.54) is 0 Å². The SMILES string of the molecule is CC(C)C1N[C@H](C(=O)O)Cc2c1ncn2C.Cl.Cl. The van der Waals surface area contributed by atoms with Crippen LogP contribution in [0, 0.1) is 5.92 Å². The van der Waals surface area contributed by atoms with Crippen molar-refractivity contribution in [3.63, 3.8) is 0 Å². The van der Waals surface area contributed by atoms with Crippen LogP contribution in [0.4, 0.5) is 0 Å². The van der Waals surface area contributed by atoms with Gasteiger partial charge < -0.3 is 9.67 Å². The lowest BCUT2D eigenvalue weighted by atomic mass is 9.92. The number of halogens is 2. The van der Waals surface area contributed by atoms with Gasteiger partial charge in [-0.3, -0.25) is 10.1 Å². The number of rotatable bonds is 2. The molecule has 5 nitrogen and oxygen atoms in total. The third-order valence-corrected chi connectivity index (χ3v) is 3.13. The minimum absolute atomic E-state index is 0. The van der Waals surface area contributed by atoms with Crippen LogP contribution in [0.2, 0.25) is 0 Å². The van der Waals surface area contributed by atoms with Crippen LogP contribution in [0.25, 0.3) is 0 Å². The Morgan fingerprint density at radius 2 is 2.17 bits per heavy atom. The monoisotopic (exact) mass is 295 g/mol. The van der Waals surface area contributed by atoms with Gasteiger partial charge in [-0.25, -0.2) is 4.98 Å². The molecule has 2 atom stereocenters. The van der Waals surface area contributed by atoms with E-state index >= 15 is 0 Å². The Bertz CT molecular complexity index is 420. The summed E-state index contributed by atoms with van der Waals surface area (Å²) in [7, 11) is 1.91. The molecular formula is C11H19Cl2N3O2. The van der Waals surface area contributed by atoms with Crippen molar-refractivity contribution in [2.75, 3.05) is 0 Å². The van der Waals surface area contributed by atoms with Gasteiger partial charge in [0.15, 0.2) is 0 Å². The van der Waals surface area contributed by atoms with Crippen LogP contribution in [0.15, 0.2) is 6.33 Å². The average Bonchev–Trinajstić information content (AvgIpc) is 2.59. The Hall–Kier alpha value is -0.780. The molecule has 1 unspecified atom stereocenters. The fourth-order valence-electron chi connectivity index (χ4n) is 2.20. The number of hydrogen-bond donors (Lipinski definition) is 2. The number of carboxylic acids is 1. The Kier molecular flexibility index (Phi) is 6.13. The number of nitrogens with zero attached hydrogens (tertiary/aromatic N) is 2. The molecule has 1 aromatic rings. The van der Waals surface area contributed by atoms with Gasteiger partial charge >= 0.3 is 5.97 Å². The van der Waals surface area contributed by atoms with E-state index in [0.717, 1.165) is 11.4 Å². The molecule has 1 aliphatic rings. The molecule has 0 fully saturated rings. The Labute approximate surface area is 119 Å². The maximum absolute atomic E-state index is 11.1. The van der Waals surface area contributed by atoms with E-state index in [1.807, 2.05) is 11.6 Å². The van der Waals surface area contributed by atoms with E-state index in [2.05, 4.69) is 24.1 Å². The summed E-state index contributed by atoms with van der Waals surface area (Å²) in [5.74, 6) is -0.465. The molecule has 0 saturated carbocycles. The zero-order valence-corrected chi connectivity index (χ0v) is 12.2. The van der Waals surface area contributed by atoms with Crippen molar-refractivity contribution >= 4 is 30.8 Å². The predicted octanol–water partition coefficient (Wildman–Crippen LogP) is 1.56. The van der Waals surface area contributed by atoms with E-state index in [4.69, 9.17) is 5.11 Å². The number of nitrogens with one attached hydrogen (secondary N) is 1. The van der Waals surface area contributed by atoms with Gasteiger partial charge in [0.2, 0.25) is 0 Å². The molecule has 0 amide bonds. The second-order valence-electron chi connectivity index (χ2n) is 4.67. The minimum Gasteiger partial charge on any atom is -0.480 e. The zero-order valence-electron chi connectivity index (χ0n) is 10.6. The average molecular weight is 296 g/mol. The fraction of sp³-hybridized carbons (Fsp3) is 0.636. The minimum atomic E-state index is -0.794. The molecule has 0 aromatic carbocycles. The van der Waals surface area contributed by atoms with Crippen LogP contribution in [-0.4, -0.2) is 26.7 Å². The van der Waals surface area contributed by atoms with Crippen LogP contribution in [-0.2, 0) is 18.3 Å². The molecule has 0 spiro atoms. The number of carbonyl (C=O) groups is 1. The summed E-state index contributed by atoms with van der Waals surface area (Å²) in [6.45, 7) is 4.14. The van der Waals surface area contributed by atoms with E-state index in [9.17, 15) is 4.79 Å². The molecule has 104 valence electrons. The van der Waals surface area contributed by atoms with E-state index < -0.39 is 12.0 Å². The second-order valence-corrected chi connectivity index (χ2v) is 4.67. The van der Waals surface area contributed by atoms with Gasteiger partial charge in [-0.1, -0.05) is 13.8 Å². The predicted molar refractivity (Wildman–Crippen MR) is 73.5 cm³/mol. The molecular weight excluding hydrogens is 277 g/mol. The molecule has 0 radical (unpaired) electrons. The van der Waals surface area contributed by atoms with E-state index in [-0.39, 0.29) is 30.9 Å². The topological polar surface area (TPSA) is 67.2 Å².